The van der Waals surface area contributed by atoms with E-state index in [-0.39, 0.29) is 6.04 Å². The molecule has 2 aromatic rings. The van der Waals surface area contributed by atoms with Gasteiger partial charge in [-0.2, -0.15) is 0 Å². The summed E-state index contributed by atoms with van der Waals surface area (Å²) in [7, 11) is 0. The Morgan fingerprint density at radius 1 is 1.16 bits per heavy atom. The summed E-state index contributed by atoms with van der Waals surface area (Å²) in [6.45, 7) is 12.3. The average Bonchev–Trinajstić information content (AvgIpc) is 2.79. The molecule has 1 atom stereocenters. The van der Waals surface area contributed by atoms with E-state index >= 15 is 0 Å². The number of furan rings is 1. The van der Waals surface area contributed by atoms with E-state index in [1.165, 1.54) is 5.39 Å². The highest BCUT2D eigenvalue weighted by molar-refractivity contribution is 5.77. The summed E-state index contributed by atoms with van der Waals surface area (Å²) >= 11 is 0. The predicted molar refractivity (Wildman–Crippen MR) is 81.3 cm³/mol. The molecule has 1 heterocycles. The lowest BCUT2D eigenvalue weighted by Gasteiger charge is -2.30. The first kappa shape index (κ1) is 14.1. The minimum Gasteiger partial charge on any atom is -0.459 e. The molecular weight excluding hydrogens is 234 g/mol. The van der Waals surface area contributed by atoms with Crippen LogP contribution in [-0.2, 0) is 0 Å². The molecule has 0 bridgehead atoms. The number of para-hydroxylation sites is 1. The third-order valence-electron chi connectivity index (χ3n) is 4.30. The molecule has 0 fully saturated rings. The number of nitrogens with one attached hydrogen (secondary N) is 1. The highest BCUT2D eigenvalue weighted by atomic mass is 16.3. The maximum Gasteiger partial charge on any atom is 0.134 e. The normalized spacial score (nSPS) is 14.2. The third-order valence-corrected chi connectivity index (χ3v) is 4.30. The molecule has 1 N–H and O–H groups in total. The topological polar surface area (TPSA) is 25.2 Å². The van der Waals surface area contributed by atoms with E-state index in [4.69, 9.17) is 4.42 Å². The molecule has 0 saturated heterocycles. The van der Waals surface area contributed by atoms with Gasteiger partial charge in [-0.25, -0.2) is 0 Å². The molecule has 0 aliphatic carbocycles. The Labute approximate surface area is 116 Å². The van der Waals surface area contributed by atoms with Crippen molar-refractivity contribution < 1.29 is 4.42 Å². The first-order valence-corrected chi connectivity index (χ1v) is 7.12. The maximum absolute atomic E-state index is 5.89. The van der Waals surface area contributed by atoms with Gasteiger partial charge in [0.2, 0.25) is 0 Å². The maximum atomic E-state index is 5.89. The van der Waals surface area contributed by atoms with Gasteiger partial charge in [-0.1, -0.05) is 45.9 Å². The van der Waals surface area contributed by atoms with Crippen LogP contribution in [-0.4, -0.2) is 6.54 Å². The van der Waals surface area contributed by atoms with E-state index in [1.807, 2.05) is 18.2 Å². The number of hydrogen-bond donors (Lipinski definition) is 1. The minimum absolute atomic E-state index is 0.241. The smallest absolute Gasteiger partial charge is 0.134 e. The molecule has 1 aromatic carbocycles. The summed E-state index contributed by atoms with van der Waals surface area (Å²) in [6.07, 6.45) is 0. The zero-order valence-corrected chi connectivity index (χ0v) is 12.7. The van der Waals surface area contributed by atoms with Gasteiger partial charge in [0.05, 0.1) is 6.04 Å². The third kappa shape index (κ3) is 3.19. The Morgan fingerprint density at radius 3 is 2.47 bits per heavy atom. The second-order valence-corrected chi connectivity index (χ2v) is 6.43. The van der Waals surface area contributed by atoms with E-state index in [9.17, 15) is 0 Å². The fourth-order valence-corrected chi connectivity index (χ4v) is 1.94. The van der Waals surface area contributed by atoms with Gasteiger partial charge in [-0.15, -0.1) is 0 Å². The van der Waals surface area contributed by atoms with Gasteiger partial charge in [0.1, 0.15) is 11.3 Å². The fraction of sp³-hybridized carbons (Fsp3) is 0.529. The fourth-order valence-electron chi connectivity index (χ4n) is 1.94. The number of benzene rings is 1. The number of fused-ring (bicyclic) bond motifs is 1. The van der Waals surface area contributed by atoms with Crippen LogP contribution in [0.5, 0.6) is 0 Å². The largest absolute Gasteiger partial charge is 0.459 e. The van der Waals surface area contributed by atoms with E-state index in [0.29, 0.717) is 11.3 Å². The van der Waals surface area contributed by atoms with Gasteiger partial charge in [0.15, 0.2) is 0 Å². The standard InChI is InChI=1S/C17H25NO/c1-12(2)17(4,5)11-18-13(3)16-10-14-8-6-7-9-15(14)19-16/h6-10,12-13,18H,11H2,1-5H3. The molecular formula is C17H25NO. The molecule has 0 saturated carbocycles. The number of rotatable bonds is 5. The summed E-state index contributed by atoms with van der Waals surface area (Å²) < 4.78 is 5.89. The van der Waals surface area contributed by atoms with Crippen molar-refractivity contribution in [2.45, 2.75) is 40.7 Å². The van der Waals surface area contributed by atoms with Crippen molar-refractivity contribution in [3.05, 3.63) is 36.1 Å². The van der Waals surface area contributed by atoms with Crippen molar-refractivity contribution in [1.29, 1.82) is 0 Å². The Balaban J connectivity index is 2.05. The first-order chi connectivity index (χ1) is 8.90. The predicted octanol–water partition coefficient (Wildman–Crippen LogP) is 4.77. The Morgan fingerprint density at radius 2 is 1.84 bits per heavy atom. The van der Waals surface area contributed by atoms with E-state index in [0.717, 1.165) is 17.9 Å². The van der Waals surface area contributed by atoms with E-state index < -0.39 is 0 Å². The molecule has 0 radical (unpaired) electrons. The first-order valence-electron chi connectivity index (χ1n) is 7.12. The average molecular weight is 259 g/mol. The van der Waals surface area contributed by atoms with Crippen molar-refractivity contribution in [3.63, 3.8) is 0 Å². The van der Waals surface area contributed by atoms with Crippen LogP contribution in [0.15, 0.2) is 34.7 Å². The van der Waals surface area contributed by atoms with Gasteiger partial charge in [0.25, 0.3) is 0 Å². The molecule has 2 nitrogen and oxygen atoms in total. The second kappa shape index (κ2) is 5.38. The molecule has 104 valence electrons. The zero-order chi connectivity index (χ0) is 14.0. The van der Waals surface area contributed by atoms with Crippen LogP contribution in [0.25, 0.3) is 11.0 Å². The lowest BCUT2D eigenvalue weighted by atomic mass is 9.81. The second-order valence-electron chi connectivity index (χ2n) is 6.43. The van der Waals surface area contributed by atoms with E-state index in [1.54, 1.807) is 0 Å². The zero-order valence-electron chi connectivity index (χ0n) is 12.7. The molecule has 0 aliphatic rings. The lowest BCUT2D eigenvalue weighted by molar-refractivity contribution is 0.226. The van der Waals surface area contributed by atoms with Crippen molar-refractivity contribution in [2.75, 3.05) is 6.54 Å². The van der Waals surface area contributed by atoms with Gasteiger partial charge < -0.3 is 9.73 Å². The van der Waals surface area contributed by atoms with Crippen molar-refractivity contribution in [3.8, 4) is 0 Å². The molecule has 1 aromatic heterocycles. The highest BCUT2D eigenvalue weighted by Crippen LogP contribution is 2.27. The Kier molecular flexibility index (Phi) is 4.00. The van der Waals surface area contributed by atoms with Crippen LogP contribution < -0.4 is 5.32 Å². The van der Waals surface area contributed by atoms with Crippen molar-refractivity contribution in [1.82, 2.24) is 5.32 Å². The lowest BCUT2D eigenvalue weighted by Crippen LogP contribution is -2.34. The summed E-state index contributed by atoms with van der Waals surface area (Å²) in [4.78, 5) is 0. The van der Waals surface area contributed by atoms with Gasteiger partial charge in [0, 0.05) is 11.9 Å². The van der Waals surface area contributed by atoms with Gasteiger partial charge >= 0.3 is 0 Å². The van der Waals surface area contributed by atoms with Crippen LogP contribution in [0.3, 0.4) is 0 Å². The SMILES string of the molecule is CC(NCC(C)(C)C(C)C)c1cc2ccccc2o1. The van der Waals surface area contributed by atoms with Crippen LogP contribution >= 0.6 is 0 Å². The summed E-state index contributed by atoms with van der Waals surface area (Å²) in [5.41, 5.74) is 1.26. The van der Waals surface area contributed by atoms with Crippen LogP contribution in [0, 0.1) is 11.3 Å². The van der Waals surface area contributed by atoms with Gasteiger partial charge in [-0.3, -0.25) is 0 Å². The van der Waals surface area contributed by atoms with Crippen molar-refractivity contribution >= 4 is 11.0 Å². The summed E-state index contributed by atoms with van der Waals surface area (Å²) in [5.74, 6) is 1.67. The highest BCUT2D eigenvalue weighted by Gasteiger charge is 2.23. The minimum atomic E-state index is 0.241. The van der Waals surface area contributed by atoms with Crippen LogP contribution in [0.2, 0.25) is 0 Å². The quantitative estimate of drug-likeness (QED) is 0.837. The van der Waals surface area contributed by atoms with Crippen LogP contribution in [0.4, 0.5) is 0 Å². The molecule has 19 heavy (non-hydrogen) atoms. The Hall–Kier alpha value is -1.28. The van der Waals surface area contributed by atoms with Crippen molar-refractivity contribution in [2.24, 2.45) is 11.3 Å². The molecule has 1 unspecified atom stereocenters. The Bertz CT molecular complexity index is 506. The summed E-state index contributed by atoms with van der Waals surface area (Å²) in [5, 5.41) is 4.76. The molecule has 2 heteroatoms. The van der Waals surface area contributed by atoms with E-state index in [2.05, 4.69) is 52.1 Å². The van der Waals surface area contributed by atoms with Crippen LogP contribution in [0.1, 0.15) is 46.4 Å². The summed E-state index contributed by atoms with van der Waals surface area (Å²) in [6, 6.07) is 10.5. The molecule has 0 spiro atoms. The molecule has 0 aliphatic heterocycles. The van der Waals surface area contributed by atoms with Gasteiger partial charge in [-0.05, 0) is 30.4 Å². The molecule has 2 rings (SSSR count). The molecule has 0 amide bonds. The number of hydrogen-bond acceptors (Lipinski definition) is 2. The monoisotopic (exact) mass is 259 g/mol.